The van der Waals surface area contributed by atoms with Crippen molar-refractivity contribution in [3.8, 4) is 0 Å². The van der Waals surface area contributed by atoms with Crippen molar-refractivity contribution in [2.45, 2.75) is 0 Å². The Balaban J connectivity index is 2.34. The Kier molecular flexibility index (Phi) is 6.10. The maximum Gasteiger partial charge on any atom is 0.239 e. The van der Waals surface area contributed by atoms with E-state index in [0.29, 0.717) is 18.1 Å². The predicted octanol–water partition coefficient (Wildman–Crippen LogP) is 0.495. The average molecular weight is 267 g/mol. The minimum Gasteiger partial charge on any atom is -0.389 e. The fraction of sp³-hybridized carbons (Fsp3) is 0.333. The molecule has 0 radical (unpaired) electrons. The Morgan fingerprint density at radius 1 is 1.39 bits per heavy atom. The second-order valence-corrected chi connectivity index (χ2v) is 4.08. The highest BCUT2D eigenvalue weighted by Crippen LogP contribution is 2.08. The van der Waals surface area contributed by atoms with Gasteiger partial charge in [0.2, 0.25) is 5.91 Å². The van der Waals surface area contributed by atoms with Crippen molar-refractivity contribution in [2.75, 3.05) is 32.1 Å². The summed E-state index contributed by atoms with van der Waals surface area (Å²) in [5, 5.41) is 5.72. The van der Waals surface area contributed by atoms with Crippen LogP contribution >= 0.6 is 12.2 Å². The number of carbonyl (C=O) groups excluding carboxylic acids is 1. The van der Waals surface area contributed by atoms with Gasteiger partial charge in [-0.3, -0.25) is 4.79 Å². The van der Waals surface area contributed by atoms with Crippen LogP contribution in [0.3, 0.4) is 0 Å². The third-order valence-electron chi connectivity index (χ3n) is 2.25. The largest absolute Gasteiger partial charge is 0.389 e. The maximum absolute atomic E-state index is 11.4. The van der Waals surface area contributed by atoms with Gasteiger partial charge in [0.15, 0.2) is 0 Å². The molecule has 4 N–H and O–H groups in total. The third-order valence-corrected chi connectivity index (χ3v) is 2.49. The van der Waals surface area contributed by atoms with Crippen LogP contribution in [-0.4, -0.2) is 37.7 Å². The maximum atomic E-state index is 11.4. The summed E-state index contributed by atoms with van der Waals surface area (Å²) in [6.07, 6.45) is 0. The zero-order chi connectivity index (χ0) is 13.4. The van der Waals surface area contributed by atoms with Crippen LogP contribution < -0.4 is 16.4 Å². The van der Waals surface area contributed by atoms with Crippen molar-refractivity contribution >= 4 is 28.8 Å². The number of benzene rings is 1. The Labute approximate surface area is 112 Å². The number of hydrogen-bond donors (Lipinski definition) is 3. The highest BCUT2D eigenvalue weighted by molar-refractivity contribution is 7.80. The van der Waals surface area contributed by atoms with Gasteiger partial charge in [-0.25, -0.2) is 0 Å². The van der Waals surface area contributed by atoms with Crippen molar-refractivity contribution in [1.29, 1.82) is 0 Å². The van der Waals surface area contributed by atoms with E-state index >= 15 is 0 Å². The molecule has 0 bridgehead atoms. The van der Waals surface area contributed by atoms with Crippen LogP contribution in [0.4, 0.5) is 5.69 Å². The molecule has 6 heteroatoms. The van der Waals surface area contributed by atoms with Crippen LogP contribution in [0, 0.1) is 0 Å². The van der Waals surface area contributed by atoms with Crippen molar-refractivity contribution < 1.29 is 9.53 Å². The summed E-state index contributed by atoms with van der Waals surface area (Å²) < 4.78 is 4.83. The van der Waals surface area contributed by atoms with Crippen LogP contribution in [0.5, 0.6) is 0 Å². The fourth-order valence-corrected chi connectivity index (χ4v) is 1.43. The smallest absolute Gasteiger partial charge is 0.239 e. The number of rotatable bonds is 7. The molecule has 1 rings (SSSR count). The predicted molar refractivity (Wildman–Crippen MR) is 75.7 cm³/mol. The molecule has 0 aliphatic heterocycles. The Morgan fingerprint density at radius 2 is 2.06 bits per heavy atom. The first-order valence-electron chi connectivity index (χ1n) is 5.53. The second kappa shape index (κ2) is 7.62. The SMILES string of the molecule is COCCNC(=O)CNc1ccc(C(N)=S)cc1. The Morgan fingerprint density at radius 3 is 2.61 bits per heavy atom. The lowest BCUT2D eigenvalue weighted by Crippen LogP contribution is -2.32. The van der Waals surface area contributed by atoms with E-state index in [-0.39, 0.29) is 12.5 Å². The second-order valence-electron chi connectivity index (χ2n) is 3.64. The number of ether oxygens (including phenoxy) is 1. The monoisotopic (exact) mass is 267 g/mol. The lowest BCUT2D eigenvalue weighted by molar-refractivity contribution is -0.119. The highest BCUT2D eigenvalue weighted by atomic mass is 32.1. The number of amides is 1. The van der Waals surface area contributed by atoms with E-state index in [1.165, 1.54) is 0 Å². The van der Waals surface area contributed by atoms with Gasteiger partial charge in [0, 0.05) is 24.9 Å². The minimum absolute atomic E-state index is 0.0783. The van der Waals surface area contributed by atoms with E-state index in [0.717, 1.165) is 11.3 Å². The molecule has 0 saturated carbocycles. The average Bonchev–Trinajstić information content (AvgIpc) is 2.37. The summed E-state index contributed by atoms with van der Waals surface area (Å²) >= 11 is 4.85. The molecular formula is C12H17N3O2S. The van der Waals surface area contributed by atoms with Gasteiger partial charge < -0.3 is 21.1 Å². The molecule has 18 heavy (non-hydrogen) atoms. The molecule has 0 atom stereocenters. The zero-order valence-corrected chi connectivity index (χ0v) is 11.0. The highest BCUT2D eigenvalue weighted by Gasteiger charge is 2.01. The topological polar surface area (TPSA) is 76.4 Å². The zero-order valence-electron chi connectivity index (χ0n) is 10.2. The van der Waals surface area contributed by atoms with E-state index in [2.05, 4.69) is 10.6 Å². The van der Waals surface area contributed by atoms with E-state index in [1.54, 1.807) is 7.11 Å². The molecule has 0 spiro atoms. The molecular weight excluding hydrogens is 250 g/mol. The van der Waals surface area contributed by atoms with Gasteiger partial charge in [-0.2, -0.15) is 0 Å². The molecule has 98 valence electrons. The molecule has 0 unspecified atom stereocenters. The molecule has 0 aliphatic rings. The van der Waals surface area contributed by atoms with Gasteiger partial charge in [0.05, 0.1) is 13.2 Å². The summed E-state index contributed by atoms with van der Waals surface area (Å²) in [4.78, 5) is 11.8. The van der Waals surface area contributed by atoms with Gasteiger partial charge in [-0.15, -0.1) is 0 Å². The van der Waals surface area contributed by atoms with Gasteiger partial charge >= 0.3 is 0 Å². The number of methoxy groups -OCH3 is 1. The van der Waals surface area contributed by atoms with Crippen LogP contribution in [0.2, 0.25) is 0 Å². The molecule has 1 aromatic rings. The molecule has 0 aromatic heterocycles. The molecule has 0 saturated heterocycles. The summed E-state index contributed by atoms with van der Waals surface area (Å²) in [5.74, 6) is -0.0783. The van der Waals surface area contributed by atoms with Crippen LogP contribution in [-0.2, 0) is 9.53 Å². The first-order chi connectivity index (χ1) is 8.63. The van der Waals surface area contributed by atoms with Crippen molar-refractivity contribution in [3.05, 3.63) is 29.8 Å². The van der Waals surface area contributed by atoms with E-state index in [4.69, 9.17) is 22.7 Å². The van der Waals surface area contributed by atoms with Crippen LogP contribution in [0.1, 0.15) is 5.56 Å². The van der Waals surface area contributed by atoms with Crippen molar-refractivity contribution in [3.63, 3.8) is 0 Å². The van der Waals surface area contributed by atoms with E-state index in [1.807, 2.05) is 24.3 Å². The summed E-state index contributed by atoms with van der Waals surface area (Å²) in [6.45, 7) is 1.24. The van der Waals surface area contributed by atoms with Gasteiger partial charge in [-0.05, 0) is 24.3 Å². The van der Waals surface area contributed by atoms with Gasteiger partial charge in [0.25, 0.3) is 0 Å². The van der Waals surface area contributed by atoms with Crippen LogP contribution in [0.15, 0.2) is 24.3 Å². The quantitative estimate of drug-likeness (QED) is 0.495. The molecule has 5 nitrogen and oxygen atoms in total. The number of carbonyl (C=O) groups is 1. The first-order valence-corrected chi connectivity index (χ1v) is 5.93. The summed E-state index contributed by atoms with van der Waals surface area (Å²) in [5.41, 5.74) is 7.14. The molecule has 1 amide bonds. The fourth-order valence-electron chi connectivity index (χ4n) is 1.29. The lowest BCUT2D eigenvalue weighted by atomic mass is 10.2. The minimum atomic E-state index is -0.0783. The molecule has 0 heterocycles. The lowest BCUT2D eigenvalue weighted by Gasteiger charge is -2.08. The molecule has 1 aromatic carbocycles. The summed E-state index contributed by atoms with van der Waals surface area (Å²) in [7, 11) is 1.59. The normalized spacial score (nSPS) is 9.83. The summed E-state index contributed by atoms with van der Waals surface area (Å²) in [6, 6.07) is 7.29. The van der Waals surface area contributed by atoms with Crippen molar-refractivity contribution in [2.24, 2.45) is 5.73 Å². The number of thiocarbonyl (C=S) groups is 1. The van der Waals surface area contributed by atoms with Crippen LogP contribution in [0.25, 0.3) is 0 Å². The standard InChI is InChI=1S/C12H17N3O2S/c1-17-7-6-14-11(16)8-15-10-4-2-9(3-5-10)12(13)18/h2-5,15H,6-8H2,1H3,(H2,13,18)(H,14,16). The number of anilines is 1. The molecule has 0 aliphatic carbocycles. The Bertz CT molecular complexity index is 406. The third kappa shape index (κ3) is 5.11. The van der Waals surface area contributed by atoms with Crippen molar-refractivity contribution in [1.82, 2.24) is 5.32 Å². The number of hydrogen-bond acceptors (Lipinski definition) is 4. The van der Waals surface area contributed by atoms with Gasteiger partial charge in [0.1, 0.15) is 4.99 Å². The van der Waals surface area contributed by atoms with E-state index < -0.39 is 0 Å². The number of nitrogens with one attached hydrogen (secondary N) is 2. The first kappa shape index (κ1) is 14.4. The van der Waals surface area contributed by atoms with E-state index in [9.17, 15) is 4.79 Å². The molecule has 0 fully saturated rings. The van der Waals surface area contributed by atoms with Gasteiger partial charge in [-0.1, -0.05) is 12.2 Å². The number of nitrogens with two attached hydrogens (primary N) is 1. The Hall–Kier alpha value is -1.66.